The molecule has 0 aliphatic carbocycles. The Hall–Kier alpha value is -1.58. The summed E-state index contributed by atoms with van der Waals surface area (Å²) in [5.41, 5.74) is 1.11. The maximum atomic E-state index is 4.17. The number of aliphatic imine (C=N–C) groups is 1. The second-order valence-electron chi connectivity index (χ2n) is 4.07. The van der Waals surface area contributed by atoms with Gasteiger partial charge >= 0.3 is 0 Å². The van der Waals surface area contributed by atoms with Crippen LogP contribution >= 0.6 is 24.0 Å². The monoisotopic (exact) mass is 389 g/mol. The molecule has 20 heavy (non-hydrogen) atoms. The largest absolute Gasteiger partial charge is 0.355 e. The van der Waals surface area contributed by atoms with Crippen LogP contribution in [-0.4, -0.2) is 39.1 Å². The molecule has 8 heteroatoms. The van der Waals surface area contributed by atoms with Crippen LogP contribution < -0.4 is 10.6 Å². The van der Waals surface area contributed by atoms with Crippen molar-refractivity contribution in [1.29, 1.82) is 0 Å². The highest BCUT2D eigenvalue weighted by Crippen LogP contribution is 1.94. The lowest BCUT2D eigenvalue weighted by Crippen LogP contribution is -2.38. The number of aryl methyl sites for hydroxylation is 1. The molecule has 7 nitrogen and oxygen atoms in total. The second kappa shape index (κ2) is 8.56. The fourth-order valence-corrected chi connectivity index (χ4v) is 1.69. The van der Waals surface area contributed by atoms with Gasteiger partial charge in [0.15, 0.2) is 5.96 Å². The van der Waals surface area contributed by atoms with Crippen LogP contribution in [0.2, 0.25) is 0 Å². The summed E-state index contributed by atoms with van der Waals surface area (Å²) in [5, 5.41) is 14.7. The average molecular weight is 389 g/mol. The highest BCUT2D eigenvalue weighted by Gasteiger charge is 2.01. The first kappa shape index (κ1) is 16.5. The first-order chi connectivity index (χ1) is 9.29. The molecule has 0 fully saturated rings. The number of hydrogen-bond donors (Lipinski definition) is 2. The van der Waals surface area contributed by atoms with E-state index in [1.165, 1.54) is 0 Å². The summed E-state index contributed by atoms with van der Waals surface area (Å²) in [7, 11) is 3.68. The summed E-state index contributed by atoms with van der Waals surface area (Å²) in [4.78, 5) is 4.17. The minimum Gasteiger partial charge on any atom is -0.355 e. The van der Waals surface area contributed by atoms with Gasteiger partial charge in [-0.1, -0.05) is 0 Å². The lowest BCUT2D eigenvalue weighted by atomic mass is 10.4. The molecule has 0 atom stereocenters. The molecule has 0 aromatic carbocycles. The summed E-state index contributed by atoms with van der Waals surface area (Å²) < 4.78 is 3.71. The van der Waals surface area contributed by atoms with Crippen molar-refractivity contribution in [2.75, 3.05) is 13.6 Å². The third kappa shape index (κ3) is 4.83. The molecular weight excluding hydrogens is 369 g/mol. The number of guanidine groups is 1. The van der Waals surface area contributed by atoms with E-state index in [4.69, 9.17) is 0 Å². The highest BCUT2D eigenvalue weighted by molar-refractivity contribution is 14.0. The van der Waals surface area contributed by atoms with Crippen LogP contribution in [0.1, 0.15) is 5.69 Å². The number of nitrogens with one attached hydrogen (secondary N) is 2. The molecule has 0 spiro atoms. The van der Waals surface area contributed by atoms with Crippen molar-refractivity contribution in [3.05, 3.63) is 36.4 Å². The van der Waals surface area contributed by atoms with Gasteiger partial charge in [0.25, 0.3) is 0 Å². The Morgan fingerprint density at radius 1 is 1.30 bits per heavy atom. The standard InChI is InChI=1S/C12H19N7.HI/c1-13-12(14-7-9-19-8-3-5-17-19)15-10-11-4-6-16-18(11)2;/h3-6,8H,7,9-10H2,1-2H3,(H2,13,14,15);1H. The summed E-state index contributed by atoms with van der Waals surface area (Å²) in [5.74, 6) is 0.772. The van der Waals surface area contributed by atoms with E-state index < -0.39 is 0 Å². The minimum atomic E-state index is 0. The van der Waals surface area contributed by atoms with E-state index >= 15 is 0 Å². The maximum Gasteiger partial charge on any atom is 0.191 e. The molecule has 0 saturated heterocycles. The van der Waals surface area contributed by atoms with Crippen molar-refractivity contribution in [3.8, 4) is 0 Å². The number of rotatable bonds is 5. The molecule has 0 bridgehead atoms. The molecular formula is C12H20IN7. The first-order valence-electron chi connectivity index (χ1n) is 6.18. The zero-order valence-electron chi connectivity index (χ0n) is 11.7. The van der Waals surface area contributed by atoms with Gasteiger partial charge in [-0.15, -0.1) is 24.0 Å². The molecule has 0 radical (unpaired) electrons. The number of aromatic nitrogens is 4. The van der Waals surface area contributed by atoms with Crippen LogP contribution in [0.25, 0.3) is 0 Å². The summed E-state index contributed by atoms with van der Waals surface area (Å²) >= 11 is 0. The lowest BCUT2D eigenvalue weighted by molar-refractivity contribution is 0.596. The van der Waals surface area contributed by atoms with Gasteiger partial charge in [0, 0.05) is 39.2 Å². The molecule has 2 heterocycles. The predicted octanol–water partition coefficient (Wildman–Crippen LogP) is 0.600. The van der Waals surface area contributed by atoms with Gasteiger partial charge < -0.3 is 10.6 Å². The molecule has 2 aromatic heterocycles. The fourth-order valence-electron chi connectivity index (χ4n) is 1.69. The van der Waals surface area contributed by atoms with E-state index in [0.29, 0.717) is 6.54 Å². The van der Waals surface area contributed by atoms with E-state index in [1.54, 1.807) is 19.4 Å². The first-order valence-corrected chi connectivity index (χ1v) is 6.18. The van der Waals surface area contributed by atoms with Crippen molar-refractivity contribution in [1.82, 2.24) is 30.2 Å². The SMILES string of the molecule is CN=C(NCCn1cccn1)NCc1ccnn1C.I. The van der Waals surface area contributed by atoms with Gasteiger partial charge in [0.1, 0.15) is 0 Å². The Balaban J connectivity index is 0.00000200. The molecule has 110 valence electrons. The number of halogens is 1. The summed E-state index contributed by atoms with van der Waals surface area (Å²) in [6, 6.07) is 3.89. The third-order valence-electron chi connectivity index (χ3n) is 2.78. The fraction of sp³-hybridized carbons (Fsp3) is 0.417. The van der Waals surface area contributed by atoms with Crippen LogP contribution in [0.5, 0.6) is 0 Å². The van der Waals surface area contributed by atoms with Gasteiger partial charge in [-0.05, 0) is 12.1 Å². The van der Waals surface area contributed by atoms with Crippen molar-refractivity contribution >= 4 is 29.9 Å². The Morgan fingerprint density at radius 2 is 2.15 bits per heavy atom. The smallest absolute Gasteiger partial charge is 0.191 e. The molecule has 0 amide bonds. The van der Waals surface area contributed by atoms with E-state index in [-0.39, 0.29) is 24.0 Å². The van der Waals surface area contributed by atoms with Gasteiger partial charge in [-0.3, -0.25) is 14.4 Å². The molecule has 0 saturated carbocycles. The Kier molecular flexibility index (Phi) is 7.05. The quantitative estimate of drug-likeness (QED) is 0.447. The number of nitrogens with zero attached hydrogens (tertiary/aromatic N) is 5. The van der Waals surface area contributed by atoms with Crippen LogP contribution in [-0.2, 0) is 20.1 Å². The van der Waals surface area contributed by atoms with Crippen LogP contribution in [0.4, 0.5) is 0 Å². The molecule has 0 aliphatic heterocycles. The third-order valence-corrected chi connectivity index (χ3v) is 2.78. The zero-order chi connectivity index (χ0) is 13.5. The van der Waals surface area contributed by atoms with Crippen LogP contribution in [0, 0.1) is 0 Å². The number of hydrogen-bond acceptors (Lipinski definition) is 3. The van der Waals surface area contributed by atoms with Crippen LogP contribution in [0.15, 0.2) is 35.7 Å². The van der Waals surface area contributed by atoms with Gasteiger partial charge in [0.2, 0.25) is 0 Å². The second-order valence-corrected chi connectivity index (χ2v) is 4.07. The van der Waals surface area contributed by atoms with E-state index in [9.17, 15) is 0 Å². The Labute approximate surface area is 135 Å². The molecule has 0 unspecified atom stereocenters. The minimum absolute atomic E-state index is 0. The summed E-state index contributed by atoms with van der Waals surface area (Å²) in [6.07, 6.45) is 5.49. The van der Waals surface area contributed by atoms with E-state index in [1.807, 2.05) is 34.7 Å². The van der Waals surface area contributed by atoms with Crippen molar-refractivity contribution < 1.29 is 0 Å². The lowest BCUT2D eigenvalue weighted by Gasteiger charge is -2.11. The van der Waals surface area contributed by atoms with Gasteiger partial charge in [-0.25, -0.2) is 0 Å². The molecule has 0 aliphatic rings. The van der Waals surface area contributed by atoms with Crippen molar-refractivity contribution in [3.63, 3.8) is 0 Å². The van der Waals surface area contributed by atoms with E-state index in [0.717, 1.165) is 24.7 Å². The molecule has 2 aromatic rings. The van der Waals surface area contributed by atoms with Crippen molar-refractivity contribution in [2.24, 2.45) is 12.0 Å². The van der Waals surface area contributed by atoms with E-state index in [2.05, 4.69) is 25.8 Å². The van der Waals surface area contributed by atoms with Gasteiger partial charge in [-0.2, -0.15) is 10.2 Å². The molecule has 2 rings (SSSR count). The topological polar surface area (TPSA) is 72.1 Å². The van der Waals surface area contributed by atoms with Crippen LogP contribution in [0.3, 0.4) is 0 Å². The Bertz CT molecular complexity index is 518. The Morgan fingerprint density at radius 3 is 2.75 bits per heavy atom. The highest BCUT2D eigenvalue weighted by atomic mass is 127. The van der Waals surface area contributed by atoms with Crippen molar-refractivity contribution in [2.45, 2.75) is 13.1 Å². The zero-order valence-corrected chi connectivity index (χ0v) is 14.0. The van der Waals surface area contributed by atoms with Gasteiger partial charge in [0.05, 0.1) is 18.8 Å². The summed E-state index contributed by atoms with van der Waals surface area (Å²) in [6.45, 7) is 2.27. The maximum absolute atomic E-state index is 4.17. The normalized spacial score (nSPS) is 11.0. The predicted molar refractivity (Wildman–Crippen MR) is 89.1 cm³/mol. The average Bonchev–Trinajstić information content (AvgIpc) is 3.05. The molecule has 2 N–H and O–H groups in total.